The van der Waals surface area contributed by atoms with Gasteiger partial charge in [-0.3, -0.25) is 4.79 Å². The highest BCUT2D eigenvalue weighted by atomic mass is 35.5. The summed E-state index contributed by atoms with van der Waals surface area (Å²) in [6.45, 7) is 5.41. The predicted octanol–water partition coefficient (Wildman–Crippen LogP) is 3.61. The summed E-state index contributed by atoms with van der Waals surface area (Å²) < 4.78 is 27.2. The largest absolute Gasteiger partial charge is 0.336 e. The van der Waals surface area contributed by atoms with Crippen LogP contribution in [0, 0.1) is 0 Å². The van der Waals surface area contributed by atoms with Gasteiger partial charge in [0, 0.05) is 36.8 Å². The fraction of sp³-hybridized carbons (Fsp3) is 0.350. The Morgan fingerprint density at radius 3 is 2.19 bits per heavy atom. The zero-order valence-corrected chi connectivity index (χ0v) is 17.0. The molecule has 1 saturated heterocycles. The molecule has 0 spiro atoms. The third-order valence-corrected chi connectivity index (χ3v) is 6.93. The average Bonchev–Trinajstić information content (AvgIpc) is 2.67. The average molecular weight is 407 g/mol. The molecule has 144 valence electrons. The highest BCUT2D eigenvalue weighted by Crippen LogP contribution is 2.22. The summed E-state index contributed by atoms with van der Waals surface area (Å²) in [5.74, 6) is 0.221. The standard InChI is InChI=1S/C20H23ClN2O3S/c1-15(2)16-6-8-19(9-7-16)27(25,26)23-12-10-22(11-13-23)20(24)17-4-3-5-18(21)14-17/h3-9,14-15H,10-13H2,1-2H3. The van der Waals surface area contributed by atoms with Gasteiger partial charge in [-0.25, -0.2) is 8.42 Å². The number of rotatable bonds is 4. The molecule has 1 aliphatic rings. The quantitative estimate of drug-likeness (QED) is 0.779. The Kier molecular flexibility index (Phi) is 5.89. The summed E-state index contributed by atoms with van der Waals surface area (Å²) in [5, 5.41) is 0.506. The Balaban J connectivity index is 1.68. The van der Waals surface area contributed by atoms with Crippen molar-refractivity contribution >= 4 is 27.5 Å². The normalized spacial score (nSPS) is 15.9. The van der Waals surface area contributed by atoms with Crippen LogP contribution in [0.25, 0.3) is 0 Å². The maximum atomic E-state index is 12.9. The molecule has 2 aromatic carbocycles. The second-order valence-electron chi connectivity index (χ2n) is 6.93. The molecule has 0 bridgehead atoms. The van der Waals surface area contributed by atoms with Gasteiger partial charge in [-0.1, -0.05) is 43.6 Å². The number of carbonyl (C=O) groups excluding carboxylic acids is 1. The summed E-state index contributed by atoms with van der Waals surface area (Å²) >= 11 is 5.95. The van der Waals surface area contributed by atoms with Crippen LogP contribution in [0.15, 0.2) is 53.4 Å². The lowest BCUT2D eigenvalue weighted by atomic mass is 10.0. The van der Waals surface area contributed by atoms with Crippen LogP contribution in [0.1, 0.15) is 35.7 Å². The number of halogens is 1. The molecule has 0 N–H and O–H groups in total. The van der Waals surface area contributed by atoms with E-state index in [9.17, 15) is 13.2 Å². The van der Waals surface area contributed by atoms with Crippen molar-refractivity contribution in [2.24, 2.45) is 0 Å². The third kappa shape index (κ3) is 4.34. The highest BCUT2D eigenvalue weighted by molar-refractivity contribution is 7.89. The smallest absolute Gasteiger partial charge is 0.253 e. The van der Waals surface area contributed by atoms with Crippen molar-refractivity contribution < 1.29 is 13.2 Å². The molecular formula is C20H23ClN2O3S. The first-order valence-corrected chi connectivity index (χ1v) is 10.8. The number of amides is 1. The van der Waals surface area contributed by atoms with Gasteiger partial charge >= 0.3 is 0 Å². The number of hydrogen-bond acceptors (Lipinski definition) is 3. The second-order valence-corrected chi connectivity index (χ2v) is 9.30. The van der Waals surface area contributed by atoms with E-state index in [1.807, 2.05) is 12.1 Å². The lowest BCUT2D eigenvalue weighted by Gasteiger charge is -2.34. The molecule has 3 rings (SSSR count). The van der Waals surface area contributed by atoms with Crippen LogP contribution < -0.4 is 0 Å². The summed E-state index contributed by atoms with van der Waals surface area (Å²) in [7, 11) is -3.55. The van der Waals surface area contributed by atoms with E-state index in [1.165, 1.54) is 4.31 Å². The topological polar surface area (TPSA) is 57.7 Å². The molecule has 0 radical (unpaired) electrons. The van der Waals surface area contributed by atoms with Gasteiger partial charge in [0.05, 0.1) is 4.90 Å². The fourth-order valence-corrected chi connectivity index (χ4v) is 4.72. The molecule has 1 heterocycles. The number of piperazine rings is 1. The SMILES string of the molecule is CC(C)c1ccc(S(=O)(=O)N2CCN(C(=O)c3cccc(Cl)c3)CC2)cc1. The van der Waals surface area contributed by atoms with Crippen LogP contribution in [-0.2, 0) is 10.0 Å². The van der Waals surface area contributed by atoms with E-state index < -0.39 is 10.0 Å². The minimum absolute atomic E-state index is 0.129. The highest BCUT2D eigenvalue weighted by Gasteiger charge is 2.30. The van der Waals surface area contributed by atoms with Crippen LogP contribution in [0.5, 0.6) is 0 Å². The van der Waals surface area contributed by atoms with Crippen LogP contribution in [0.2, 0.25) is 5.02 Å². The molecule has 0 unspecified atom stereocenters. The number of hydrogen-bond donors (Lipinski definition) is 0. The fourth-order valence-electron chi connectivity index (χ4n) is 3.11. The number of benzene rings is 2. The van der Waals surface area contributed by atoms with Gasteiger partial charge in [-0.15, -0.1) is 0 Å². The van der Waals surface area contributed by atoms with Crippen molar-refractivity contribution in [2.45, 2.75) is 24.7 Å². The van der Waals surface area contributed by atoms with Crippen molar-refractivity contribution in [3.05, 3.63) is 64.7 Å². The van der Waals surface area contributed by atoms with E-state index in [0.717, 1.165) is 5.56 Å². The molecule has 1 amide bonds. The zero-order valence-electron chi connectivity index (χ0n) is 15.4. The first kappa shape index (κ1) is 19.9. The monoisotopic (exact) mass is 406 g/mol. The summed E-state index contributed by atoms with van der Waals surface area (Å²) in [4.78, 5) is 14.5. The predicted molar refractivity (Wildman–Crippen MR) is 107 cm³/mol. The number of carbonyl (C=O) groups is 1. The molecule has 27 heavy (non-hydrogen) atoms. The molecule has 7 heteroatoms. The summed E-state index contributed by atoms with van der Waals surface area (Å²) in [6.07, 6.45) is 0. The maximum Gasteiger partial charge on any atom is 0.253 e. The first-order chi connectivity index (χ1) is 12.8. The van der Waals surface area contributed by atoms with Gasteiger partial charge in [0.2, 0.25) is 10.0 Å². The van der Waals surface area contributed by atoms with Crippen LogP contribution in [-0.4, -0.2) is 49.7 Å². The molecule has 2 aromatic rings. The van der Waals surface area contributed by atoms with Gasteiger partial charge in [0.15, 0.2) is 0 Å². The van der Waals surface area contributed by atoms with E-state index in [1.54, 1.807) is 41.3 Å². The number of nitrogens with zero attached hydrogens (tertiary/aromatic N) is 2. The molecule has 0 aliphatic carbocycles. The van der Waals surface area contributed by atoms with Crippen LogP contribution >= 0.6 is 11.6 Å². The summed E-state index contributed by atoms with van der Waals surface area (Å²) in [6, 6.07) is 13.8. The Labute approximate surface area is 165 Å². The maximum absolute atomic E-state index is 12.9. The van der Waals surface area contributed by atoms with Crippen molar-refractivity contribution in [1.82, 2.24) is 9.21 Å². The van der Waals surface area contributed by atoms with Gasteiger partial charge in [-0.2, -0.15) is 4.31 Å². The van der Waals surface area contributed by atoms with Crippen LogP contribution in [0.4, 0.5) is 0 Å². The van der Waals surface area contributed by atoms with E-state index in [2.05, 4.69) is 13.8 Å². The van der Waals surface area contributed by atoms with E-state index >= 15 is 0 Å². The lowest BCUT2D eigenvalue weighted by Crippen LogP contribution is -2.50. The number of sulfonamides is 1. The molecule has 1 fully saturated rings. The Morgan fingerprint density at radius 1 is 1.00 bits per heavy atom. The molecule has 0 atom stereocenters. The first-order valence-electron chi connectivity index (χ1n) is 8.94. The molecule has 0 aromatic heterocycles. The van der Waals surface area contributed by atoms with Gasteiger partial charge < -0.3 is 4.90 Å². The third-order valence-electron chi connectivity index (χ3n) is 4.78. The second kappa shape index (κ2) is 8.00. The van der Waals surface area contributed by atoms with Gasteiger partial charge in [-0.05, 0) is 41.8 Å². The van der Waals surface area contributed by atoms with Gasteiger partial charge in [0.1, 0.15) is 0 Å². The van der Waals surface area contributed by atoms with E-state index in [4.69, 9.17) is 11.6 Å². The Bertz CT molecular complexity index is 918. The molecule has 1 aliphatic heterocycles. The lowest BCUT2D eigenvalue weighted by molar-refractivity contribution is 0.0698. The molecular weight excluding hydrogens is 384 g/mol. The van der Waals surface area contributed by atoms with Crippen molar-refractivity contribution in [1.29, 1.82) is 0 Å². The minimum Gasteiger partial charge on any atom is -0.336 e. The van der Waals surface area contributed by atoms with Crippen molar-refractivity contribution in [3.63, 3.8) is 0 Å². The zero-order chi connectivity index (χ0) is 19.6. The van der Waals surface area contributed by atoms with Crippen molar-refractivity contribution in [2.75, 3.05) is 26.2 Å². The van der Waals surface area contributed by atoms with E-state index in [0.29, 0.717) is 34.5 Å². The minimum atomic E-state index is -3.55. The van der Waals surface area contributed by atoms with Gasteiger partial charge in [0.25, 0.3) is 5.91 Å². The molecule has 5 nitrogen and oxygen atoms in total. The van der Waals surface area contributed by atoms with Crippen LogP contribution in [0.3, 0.4) is 0 Å². The molecule has 0 saturated carbocycles. The van der Waals surface area contributed by atoms with E-state index in [-0.39, 0.29) is 19.0 Å². The Morgan fingerprint density at radius 2 is 1.63 bits per heavy atom. The summed E-state index contributed by atoms with van der Waals surface area (Å²) in [5.41, 5.74) is 1.62. The Hall–Kier alpha value is -1.89. The van der Waals surface area contributed by atoms with Crippen molar-refractivity contribution in [3.8, 4) is 0 Å².